The third kappa shape index (κ3) is 3.83. The van der Waals surface area contributed by atoms with E-state index in [9.17, 15) is 4.79 Å². The Morgan fingerprint density at radius 2 is 1.59 bits per heavy atom. The highest BCUT2D eigenvalue weighted by Crippen LogP contribution is 2.33. The zero-order valence-electron chi connectivity index (χ0n) is 17.5. The van der Waals surface area contributed by atoms with Crippen molar-refractivity contribution in [1.82, 2.24) is 4.98 Å². The van der Waals surface area contributed by atoms with E-state index in [1.807, 2.05) is 48.5 Å². The van der Waals surface area contributed by atoms with Crippen LogP contribution in [0.3, 0.4) is 0 Å². The molecule has 0 radical (unpaired) electrons. The summed E-state index contributed by atoms with van der Waals surface area (Å²) >= 11 is 0. The van der Waals surface area contributed by atoms with E-state index in [0.717, 1.165) is 33.3 Å². The molecule has 0 aliphatic carbocycles. The van der Waals surface area contributed by atoms with E-state index in [1.165, 1.54) is 7.11 Å². The molecule has 0 aliphatic heterocycles. The summed E-state index contributed by atoms with van der Waals surface area (Å²) in [4.78, 5) is 15.8. The normalized spacial score (nSPS) is 10.8. The number of aromatic nitrogens is 1. The highest BCUT2D eigenvalue weighted by atomic mass is 16.5. The Morgan fingerprint density at radius 1 is 0.938 bits per heavy atom. The van der Waals surface area contributed by atoms with Crippen molar-refractivity contribution in [3.8, 4) is 11.3 Å². The average Bonchev–Trinajstić information content (AvgIpc) is 3.16. The van der Waals surface area contributed by atoms with Crippen molar-refractivity contribution in [3.63, 3.8) is 0 Å². The maximum Gasteiger partial charge on any atom is 0.338 e. The quantitative estimate of drug-likeness (QED) is 0.182. The SMILES string of the molecule is COC(=O)c1ccccc1Cc1c(-c2ccc(C(=N)N)cc2)[nH]c2cc(C(=N)N)ccc12. The Labute approximate surface area is 185 Å². The second-order valence-electron chi connectivity index (χ2n) is 7.47. The third-order valence-electron chi connectivity index (χ3n) is 5.49. The molecule has 1 aromatic heterocycles. The van der Waals surface area contributed by atoms with E-state index in [0.29, 0.717) is 23.1 Å². The molecule has 4 aromatic rings. The molecule has 0 bridgehead atoms. The molecular formula is C25H23N5O2. The van der Waals surface area contributed by atoms with Gasteiger partial charge in [0.1, 0.15) is 11.7 Å². The summed E-state index contributed by atoms with van der Waals surface area (Å²) in [6.07, 6.45) is 0.495. The monoisotopic (exact) mass is 425 g/mol. The van der Waals surface area contributed by atoms with Crippen LogP contribution in [0.4, 0.5) is 0 Å². The number of carbonyl (C=O) groups is 1. The number of nitrogen functional groups attached to an aromatic ring is 2. The minimum Gasteiger partial charge on any atom is -0.465 e. The Balaban J connectivity index is 1.90. The summed E-state index contributed by atoms with van der Waals surface area (Å²) in [5, 5.41) is 16.4. The zero-order chi connectivity index (χ0) is 22.8. The van der Waals surface area contributed by atoms with Crippen LogP contribution < -0.4 is 11.5 Å². The fraction of sp³-hybridized carbons (Fsp3) is 0.0800. The van der Waals surface area contributed by atoms with Crippen LogP contribution in [0.15, 0.2) is 66.7 Å². The number of rotatable bonds is 6. The van der Waals surface area contributed by atoms with Crippen molar-refractivity contribution in [2.75, 3.05) is 7.11 Å². The van der Waals surface area contributed by atoms with Gasteiger partial charge in [0.15, 0.2) is 0 Å². The first-order chi connectivity index (χ1) is 15.4. The Bertz CT molecular complexity index is 1350. The maximum absolute atomic E-state index is 12.3. The van der Waals surface area contributed by atoms with Gasteiger partial charge in [-0.15, -0.1) is 0 Å². The third-order valence-corrected chi connectivity index (χ3v) is 5.49. The number of ether oxygens (including phenoxy) is 1. The molecule has 0 aliphatic rings. The number of nitrogens with one attached hydrogen (secondary N) is 3. The van der Waals surface area contributed by atoms with Gasteiger partial charge in [-0.2, -0.15) is 0 Å². The van der Waals surface area contributed by atoms with E-state index >= 15 is 0 Å². The Kier molecular flexibility index (Phi) is 5.47. The Morgan fingerprint density at radius 3 is 2.25 bits per heavy atom. The lowest BCUT2D eigenvalue weighted by atomic mass is 9.95. The smallest absolute Gasteiger partial charge is 0.338 e. The number of amidine groups is 2. The standard InChI is InChI=1S/C25H23N5O2/c1-32-25(31)18-5-3-2-4-16(18)12-20-19-11-10-17(24(28)29)13-21(19)30-22(20)14-6-8-15(9-7-14)23(26)27/h2-11,13,30H,12H2,1H3,(H3,26,27)(H3,28,29). The number of hydrogen-bond donors (Lipinski definition) is 5. The highest BCUT2D eigenvalue weighted by Gasteiger charge is 2.18. The molecule has 7 nitrogen and oxygen atoms in total. The fourth-order valence-corrected chi connectivity index (χ4v) is 3.84. The molecule has 4 rings (SSSR count). The summed E-state index contributed by atoms with van der Waals surface area (Å²) in [5.41, 5.74) is 17.6. The van der Waals surface area contributed by atoms with Crippen molar-refractivity contribution < 1.29 is 9.53 Å². The minimum atomic E-state index is -0.383. The van der Waals surface area contributed by atoms with E-state index < -0.39 is 0 Å². The summed E-state index contributed by atoms with van der Waals surface area (Å²) in [7, 11) is 1.37. The molecule has 0 amide bonds. The van der Waals surface area contributed by atoms with Gasteiger partial charge in [-0.25, -0.2) is 4.79 Å². The van der Waals surface area contributed by atoms with Crippen LogP contribution in [0.2, 0.25) is 0 Å². The fourth-order valence-electron chi connectivity index (χ4n) is 3.84. The number of H-pyrrole nitrogens is 1. The molecule has 7 N–H and O–H groups in total. The molecule has 1 heterocycles. The molecule has 0 atom stereocenters. The summed E-state index contributed by atoms with van der Waals surface area (Å²) in [6.45, 7) is 0. The van der Waals surface area contributed by atoms with E-state index in [-0.39, 0.29) is 17.6 Å². The van der Waals surface area contributed by atoms with Gasteiger partial charge in [0, 0.05) is 28.5 Å². The van der Waals surface area contributed by atoms with E-state index in [1.54, 1.807) is 18.2 Å². The van der Waals surface area contributed by atoms with Gasteiger partial charge in [0.2, 0.25) is 0 Å². The highest BCUT2D eigenvalue weighted by molar-refractivity contribution is 6.01. The number of esters is 1. The molecule has 3 aromatic carbocycles. The van der Waals surface area contributed by atoms with Crippen LogP contribution in [0, 0.1) is 10.8 Å². The minimum absolute atomic E-state index is 0.00604. The predicted molar refractivity (Wildman–Crippen MR) is 126 cm³/mol. The molecular weight excluding hydrogens is 402 g/mol. The molecule has 32 heavy (non-hydrogen) atoms. The second-order valence-corrected chi connectivity index (χ2v) is 7.47. The predicted octanol–water partition coefficient (Wildman–Crippen LogP) is 3.78. The van der Waals surface area contributed by atoms with Crippen LogP contribution in [0.5, 0.6) is 0 Å². The summed E-state index contributed by atoms with van der Waals surface area (Å²) in [5.74, 6) is -0.385. The van der Waals surface area contributed by atoms with Gasteiger partial charge < -0.3 is 21.2 Å². The second kappa shape index (κ2) is 8.39. The van der Waals surface area contributed by atoms with E-state index in [2.05, 4.69) is 4.98 Å². The first kappa shape index (κ1) is 20.9. The largest absolute Gasteiger partial charge is 0.465 e. The zero-order valence-corrected chi connectivity index (χ0v) is 17.5. The van der Waals surface area contributed by atoms with Crippen molar-refractivity contribution in [3.05, 3.63) is 94.5 Å². The number of methoxy groups -OCH3 is 1. The van der Waals surface area contributed by atoms with Crippen LogP contribution in [-0.2, 0) is 11.2 Å². The first-order valence-corrected chi connectivity index (χ1v) is 9.99. The molecule has 0 saturated heterocycles. The lowest BCUT2D eigenvalue weighted by Gasteiger charge is -2.10. The average molecular weight is 425 g/mol. The summed E-state index contributed by atoms with van der Waals surface area (Å²) < 4.78 is 4.96. The molecule has 7 heteroatoms. The Hall–Kier alpha value is -4.39. The first-order valence-electron chi connectivity index (χ1n) is 9.99. The number of hydrogen-bond acceptors (Lipinski definition) is 4. The van der Waals surface area contributed by atoms with Gasteiger partial charge in [-0.1, -0.05) is 54.6 Å². The van der Waals surface area contributed by atoms with Gasteiger partial charge >= 0.3 is 5.97 Å². The number of fused-ring (bicyclic) bond motifs is 1. The number of carbonyl (C=O) groups excluding carboxylic acids is 1. The van der Waals surface area contributed by atoms with Gasteiger partial charge in [0.25, 0.3) is 0 Å². The lowest BCUT2D eigenvalue weighted by Crippen LogP contribution is -2.10. The number of nitrogens with two attached hydrogens (primary N) is 2. The van der Waals surface area contributed by atoms with Crippen LogP contribution in [0.25, 0.3) is 22.2 Å². The van der Waals surface area contributed by atoms with Crippen molar-refractivity contribution in [2.24, 2.45) is 11.5 Å². The van der Waals surface area contributed by atoms with Gasteiger partial charge in [-0.05, 0) is 28.8 Å². The number of aromatic amines is 1. The molecule has 0 unspecified atom stereocenters. The van der Waals surface area contributed by atoms with Crippen LogP contribution in [0.1, 0.15) is 32.6 Å². The van der Waals surface area contributed by atoms with Crippen molar-refractivity contribution in [1.29, 1.82) is 10.8 Å². The van der Waals surface area contributed by atoms with Gasteiger partial charge in [-0.3, -0.25) is 10.8 Å². The summed E-state index contributed by atoms with van der Waals surface area (Å²) in [6, 6.07) is 20.4. The maximum atomic E-state index is 12.3. The molecule has 160 valence electrons. The number of benzene rings is 3. The van der Waals surface area contributed by atoms with Crippen molar-refractivity contribution in [2.45, 2.75) is 6.42 Å². The topological polar surface area (TPSA) is 142 Å². The van der Waals surface area contributed by atoms with Crippen molar-refractivity contribution >= 4 is 28.5 Å². The molecule has 0 fully saturated rings. The van der Waals surface area contributed by atoms with Crippen LogP contribution >= 0.6 is 0 Å². The lowest BCUT2D eigenvalue weighted by molar-refractivity contribution is 0.0599. The van der Waals surface area contributed by atoms with Crippen LogP contribution in [-0.4, -0.2) is 29.7 Å². The van der Waals surface area contributed by atoms with E-state index in [4.69, 9.17) is 27.0 Å². The molecule has 0 spiro atoms. The van der Waals surface area contributed by atoms with Gasteiger partial charge in [0.05, 0.1) is 18.4 Å². The molecule has 0 saturated carbocycles.